The fraction of sp³-hybridized carbons (Fsp3) is 0.235. The van der Waals surface area contributed by atoms with Crippen molar-refractivity contribution in [1.82, 2.24) is 19.3 Å². The molecule has 24 heavy (non-hydrogen) atoms. The van der Waals surface area contributed by atoms with Crippen LogP contribution in [0.1, 0.15) is 10.4 Å². The molecule has 4 rings (SSSR count). The summed E-state index contributed by atoms with van der Waals surface area (Å²) in [6, 6.07) is 5.57. The third-order valence-corrected chi connectivity index (χ3v) is 4.59. The normalized spacial score (nSPS) is 15.0. The first-order chi connectivity index (χ1) is 11.7. The molecule has 0 bridgehead atoms. The van der Waals surface area contributed by atoms with Crippen molar-refractivity contribution < 1.29 is 4.79 Å². The molecule has 0 saturated carbocycles. The van der Waals surface area contributed by atoms with Crippen molar-refractivity contribution in [2.24, 2.45) is 0 Å². The molecule has 0 radical (unpaired) electrons. The minimum atomic E-state index is 0.0426. The summed E-state index contributed by atoms with van der Waals surface area (Å²) in [4.78, 5) is 25.0. The molecule has 1 aliphatic rings. The van der Waals surface area contributed by atoms with Gasteiger partial charge in [0.05, 0.1) is 10.7 Å². The van der Waals surface area contributed by atoms with Gasteiger partial charge < -0.3 is 14.2 Å². The minimum absolute atomic E-state index is 0.0426. The number of nitrogens with zero attached hydrogens (tertiary/aromatic N) is 5. The second kappa shape index (κ2) is 6.13. The standard InChI is InChI=1S/C17H16ClN5O/c18-14-12-19-3-1-15(14)21-7-9-23(10-8-21)17(24)13-2-5-22-6-4-20-16(22)11-13/h1-6,11-12H,7-10H2. The molecule has 122 valence electrons. The lowest BCUT2D eigenvalue weighted by molar-refractivity contribution is 0.0747. The second-order valence-electron chi connectivity index (χ2n) is 5.71. The highest BCUT2D eigenvalue weighted by Crippen LogP contribution is 2.25. The molecule has 1 aliphatic heterocycles. The summed E-state index contributed by atoms with van der Waals surface area (Å²) in [6.07, 6.45) is 8.83. The second-order valence-corrected chi connectivity index (χ2v) is 6.12. The van der Waals surface area contributed by atoms with Gasteiger partial charge in [-0.15, -0.1) is 0 Å². The lowest BCUT2D eigenvalue weighted by atomic mass is 10.2. The molecule has 4 heterocycles. The lowest BCUT2D eigenvalue weighted by Crippen LogP contribution is -2.48. The van der Waals surface area contributed by atoms with Crippen LogP contribution in [0.4, 0.5) is 5.69 Å². The minimum Gasteiger partial charge on any atom is -0.367 e. The number of carbonyl (C=O) groups excluding carboxylic acids is 1. The summed E-state index contributed by atoms with van der Waals surface area (Å²) >= 11 is 6.20. The summed E-state index contributed by atoms with van der Waals surface area (Å²) in [7, 11) is 0. The predicted octanol–water partition coefficient (Wildman–Crippen LogP) is 2.35. The van der Waals surface area contributed by atoms with Crippen LogP contribution < -0.4 is 4.90 Å². The van der Waals surface area contributed by atoms with E-state index in [9.17, 15) is 4.79 Å². The first-order valence-electron chi connectivity index (χ1n) is 7.79. The first kappa shape index (κ1) is 15.0. The molecule has 0 spiro atoms. The SMILES string of the molecule is O=C(c1ccn2ccnc2c1)N1CCN(c2ccncc2Cl)CC1. The number of anilines is 1. The molecule has 1 amide bonds. The Morgan fingerprint density at radius 3 is 2.71 bits per heavy atom. The van der Waals surface area contributed by atoms with E-state index < -0.39 is 0 Å². The summed E-state index contributed by atoms with van der Waals surface area (Å²) < 4.78 is 1.89. The number of aromatic nitrogens is 3. The van der Waals surface area contributed by atoms with Gasteiger partial charge in [-0.3, -0.25) is 9.78 Å². The summed E-state index contributed by atoms with van der Waals surface area (Å²) in [6.45, 7) is 2.83. The van der Waals surface area contributed by atoms with Gasteiger partial charge in [0.15, 0.2) is 0 Å². The molecule has 0 aromatic carbocycles. The number of piperazine rings is 1. The van der Waals surface area contributed by atoms with Crippen molar-refractivity contribution in [2.75, 3.05) is 31.1 Å². The van der Waals surface area contributed by atoms with Crippen molar-refractivity contribution in [2.45, 2.75) is 0 Å². The van der Waals surface area contributed by atoms with E-state index in [1.807, 2.05) is 39.9 Å². The number of hydrogen-bond acceptors (Lipinski definition) is 4. The topological polar surface area (TPSA) is 53.7 Å². The van der Waals surface area contributed by atoms with Gasteiger partial charge in [0.25, 0.3) is 5.91 Å². The summed E-state index contributed by atoms with van der Waals surface area (Å²) in [5.74, 6) is 0.0426. The largest absolute Gasteiger partial charge is 0.367 e. The highest BCUT2D eigenvalue weighted by Gasteiger charge is 2.23. The van der Waals surface area contributed by atoms with Gasteiger partial charge in [0.1, 0.15) is 5.65 Å². The van der Waals surface area contributed by atoms with E-state index in [1.165, 1.54) is 0 Å². The Morgan fingerprint density at radius 1 is 1.08 bits per heavy atom. The highest BCUT2D eigenvalue weighted by atomic mass is 35.5. The van der Waals surface area contributed by atoms with E-state index in [4.69, 9.17) is 11.6 Å². The van der Waals surface area contributed by atoms with E-state index in [0.717, 1.165) is 24.4 Å². The lowest BCUT2D eigenvalue weighted by Gasteiger charge is -2.36. The zero-order valence-electron chi connectivity index (χ0n) is 13.0. The predicted molar refractivity (Wildman–Crippen MR) is 92.6 cm³/mol. The monoisotopic (exact) mass is 341 g/mol. The van der Waals surface area contributed by atoms with Gasteiger partial charge in [0.2, 0.25) is 0 Å². The van der Waals surface area contributed by atoms with E-state index in [-0.39, 0.29) is 5.91 Å². The number of carbonyl (C=O) groups is 1. The van der Waals surface area contributed by atoms with Crippen LogP contribution in [0, 0.1) is 0 Å². The number of halogens is 1. The molecule has 3 aromatic rings. The van der Waals surface area contributed by atoms with Crippen molar-refractivity contribution in [3.05, 3.63) is 59.8 Å². The van der Waals surface area contributed by atoms with Gasteiger partial charge in [0, 0.05) is 62.7 Å². The molecule has 6 nitrogen and oxygen atoms in total. The molecule has 3 aromatic heterocycles. The zero-order chi connectivity index (χ0) is 16.5. The van der Waals surface area contributed by atoms with Crippen LogP contribution in [0.15, 0.2) is 49.2 Å². The third kappa shape index (κ3) is 2.69. The van der Waals surface area contributed by atoms with Crippen LogP contribution in [-0.2, 0) is 0 Å². The van der Waals surface area contributed by atoms with Crippen LogP contribution in [0.2, 0.25) is 5.02 Å². The number of imidazole rings is 1. The number of pyridine rings is 2. The van der Waals surface area contributed by atoms with Crippen LogP contribution in [0.5, 0.6) is 0 Å². The zero-order valence-corrected chi connectivity index (χ0v) is 13.7. The van der Waals surface area contributed by atoms with Crippen LogP contribution in [-0.4, -0.2) is 51.4 Å². The molecule has 1 saturated heterocycles. The number of rotatable bonds is 2. The highest BCUT2D eigenvalue weighted by molar-refractivity contribution is 6.33. The quantitative estimate of drug-likeness (QED) is 0.718. The van der Waals surface area contributed by atoms with E-state index in [2.05, 4.69) is 14.9 Å². The third-order valence-electron chi connectivity index (χ3n) is 4.30. The molecule has 7 heteroatoms. The van der Waals surface area contributed by atoms with Crippen molar-refractivity contribution in [3.63, 3.8) is 0 Å². The number of hydrogen-bond donors (Lipinski definition) is 0. The molecular formula is C17H16ClN5O. The van der Waals surface area contributed by atoms with Gasteiger partial charge in [-0.1, -0.05) is 11.6 Å². The van der Waals surface area contributed by atoms with E-state index in [1.54, 1.807) is 18.6 Å². The Balaban J connectivity index is 1.47. The van der Waals surface area contributed by atoms with Gasteiger partial charge in [-0.25, -0.2) is 4.98 Å². The smallest absolute Gasteiger partial charge is 0.254 e. The maximum atomic E-state index is 12.7. The molecule has 0 unspecified atom stereocenters. The molecular weight excluding hydrogens is 326 g/mol. The first-order valence-corrected chi connectivity index (χ1v) is 8.16. The van der Waals surface area contributed by atoms with Gasteiger partial charge in [-0.05, 0) is 18.2 Å². The Labute approximate surface area is 144 Å². The van der Waals surface area contributed by atoms with Crippen LogP contribution in [0.25, 0.3) is 5.65 Å². The maximum Gasteiger partial charge on any atom is 0.254 e. The Morgan fingerprint density at radius 2 is 1.92 bits per heavy atom. The number of amides is 1. The Hall–Kier alpha value is -2.60. The Bertz CT molecular complexity index is 885. The average Bonchev–Trinajstić information content (AvgIpc) is 3.09. The maximum absolute atomic E-state index is 12.7. The summed E-state index contributed by atoms with van der Waals surface area (Å²) in [5.41, 5.74) is 2.42. The van der Waals surface area contributed by atoms with Crippen LogP contribution >= 0.6 is 11.6 Å². The summed E-state index contributed by atoms with van der Waals surface area (Å²) in [5, 5.41) is 0.641. The van der Waals surface area contributed by atoms with Gasteiger partial charge in [-0.2, -0.15) is 0 Å². The molecule has 0 N–H and O–H groups in total. The Kier molecular flexibility index (Phi) is 3.82. The van der Waals surface area contributed by atoms with Crippen molar-refractivity contribution >= 4 is 28.8 Å². The van der Waals surface area contributed by atoms with Gasteiger partial charge >= 0.3 is 0 Å². The van der Waals surface area contributed by atoms with E-state index in [0.29, 0.717) is 23.7 Å². The van der Waals surface area contributed by atoms with Crippen molar-refractivity contribution in [3.8, 4) is 0 Å². The molecule has 0 atom stereocenters. The van der Waals surface area contributed by atoms with Crippen LogP contribution in [0.3, 0.4) is 0 Å². The fourth-order valence-corrected chi connectivity index (χ4v) is 3.24. The number of fused-ring (bicyclic) bond motifs is 1. The fourth-order valence-electron chi connectivity index (χ4n) is 3.00. The van der Waals surface area contributed by atoms with Crippen molar-refractivity contribution in [1.29, 1.82) is 0 Å². The molecule has 0 aliphatic carbocycles. The average molecular weight is 342 g/mol. The molecule has 1 fully saturated rings. The van der Waals surface area contributed by atoms with E-state index >= 15 is 0 Å².